The zero-order valence-electron chi connectivity index (χ0n) is 13.4. The molecule has 2 unspecified atom stereocenters. The van der Waals surface area contributed by atoms with Crippen molar-refractivity contribution >= 4 is 57.1 Å². The summed E-state index contributed by atoms with van der Waals surface area (Å²) >= 11 is 4.02. The molecule has 0 aromatic heterocycles. The van der Waals surface area contributed by atoms with Gasteiger partial charge in [0, 0.05) is 11.5 Å². The Kier molecular flexibility index (Phi) is 7.05. The number of halogens is 2. The van der Waals surface area contributed by atoms with Crippen LogP contribution in [0.2, 0.25) is 0 Å². The van der Waals surface area contributed by atoms with Gasteiger partial charge in [0.15, 0.2) is 0 Å². The number of carbonyl (C=O) groups is 2. The molecule has 5 nitrogen and oxygen atoms in total. The van der Waals surface area contributed by atoms with E-state index in [2.05, 4.69) is 5.32 Å². The molecule has 0 aliphatic rings. The fraction of sp³-hybridized carbons (Fsp3) is 0.222. The van der Waals surface area contributed by atoms with Crippen LogP contribution >= 0.6 is 45.2 Å². The Hall–Kier alpha value is -1.36. The number of amides is 1. The molecule has 0 radical (unpaired) electrons. The van der Waals surface area contributed by atoms with Crippen molar-refractivity contribution in [3.05, 3.63) is 60.7 Å². The van der Waals surface area contributed by atoms with E-state index in [1.807, 2.05) is 52.1 Å². The maximum atomic E-state index is 12.4. The van der Waals surface area contributed by atoms with Gasteiger partial charge in [0.2, 0.25) is 0 Å². The quantitative estimate of drug-likeness (QED) is 0.463. The van der Waals surface area contributed by atoms with Gasteiger partial charge < -0.3 is 15.5 Å². The molecule has 3 N–H and O–H groups in total. The molecular weight excluding hydrogens is 548 g/mol. The predicted molar refractivity (Wildman–Crippen MR) is 112 cm³/mol. The van der Waals surface area contributed by atoms with E-state index in [-0.39, 0.29) is 5.75 Å². The van der Waals surface area contributed by atoms with Crippen LogP contribution in [-0.4, -0.2) is 28.1 Å². The highest BCUT2D eigenvalue weighted by Crippen LogP contribution is 2.33. The molecule has 0 aliphatic heterocycles. The number of hydrogen-bond donors (Lipinski definition) is 3. The second-order valence-corrected chi connectivity index (χ2v) is 7.83. The largest absolute Gasteiger partial charge is 0.506 e. The van der Waals surface area contributed by atoms with Crippen LogP contribution in [0.3, 0.4) is 0 Å². The van der Waals surface area contributed by atoms with Crippen molar-refractivity contribution < 1.29 is 19.8 Å². The lowest BCUT2D eigenvalue weighted by molar-refractivity contribution is -0.139. The van der Waals surface area contributed by atoms with E-state index in [1.165, 1.54) is 0 Å². The fourth-order valence-corrected chi connectivity index (χ4v) is 4.43. The Bertz CT molecular complexity index is 757. The average Bonchev–Trinajstić information content (AvgIpc) is 2.59. The lowest BCUT2D eigenvalue weighted by Gasteiger charge is -2.25. The van der Waals surface area contributed by atoms with Gasteiger partial charge in [-0.1, -0.05) is 25.1 Å². The maximum Gasteiger partial charge on any atom is 0.326 e. The fourth-order valence-electron chi connectivity index (χ4n) is 2.61. The second kappa shape index (κ2) is 8.84. The van der Waals surface area contributed by atoms with E-state index in [4.69, 9.17) is 0 Å². The van der Waals surface area contributed by atoms with Crippen LogP contribution in [0.1, 0.15) is 35.2 Å². The van der Waals surface area contributed by atoms with E-state index >= 15 is 0 Å². The molecular formula is C18H17I2NO4. The summed E-state index contributed by atoms with van der Waals surface area (Å²) in [6.07, 6.45) is 0.531. The number of carbonyl (C=O) groups excluding carboxylic acids is 1. The summed E-state index contributed by atoms with van der Waals surface area (Å²) in [5, 5.41) is 22.2. The van der Waals surface area contributed by atoms with Crippen LogP contribution in [0.4, 0.5) is 0 Å². The molecule has 1 amide bonds. The first-order valence-corrected chi connectivity index (χ1v) is 9.77. The molecule has 0 aliphatic carbocycles. The molecule has 2 rings (SSSR count). The zero-order valence-corrected chi connectivity index (χ0v) is 17.7. The molecule has 132 valence electrons. The number of carboxylic acid groups (broad SMARTS) is 1. The van der Waals surface area contributed by atoms with Crippen molar-refractivity contribution in [3.8, 4) is 5.75 Å². The number of phenols is 1. The van der Waals surface area contributed by atoms with Gasteiger partial charge in [-0.3, -0.25) is 4.79 Å². The zero-order chi connectivity index (χ0) is 18.6. The van der Waals surface area contributed by atoms with Crippen LogP contribution < -0.4 is 5.32 Å². The van der Waals surface area contributed by atoms with Gasteiger partial charge in [-0.2, -0.15) is 0 Å². The van der Waals surface area contributed by atoms with Crippen LogP contribution in [0.15, 0.2) is 42.5 Å². The first kappa shape index (κ1) is 20.0. The van der Waals surface area contributed by atoms with Crippen LogP contribution in [0.5, 0.6) is 5.75 Å². The Morgan fingerprint density at radius 2 is 1.68 bits per heavy atom. The lowest BCUT2D eigenvalue weighted by atomic mass is 9.88. The number of aromatic hydroxyl groups is 1. The number of phenolic OH excluding ortho intramolecular Hbond substituents is 1. The third-order valence-electron chi connectivity index (χ3n) is 3.90. The van der Waals surface area contributed by atoms with Crippen LogP contribution in [0, 0.1) is 7.14 Å². The topological polar surface area (TPSA) is 86.6 Å². The minimum absolute atomic E-state index is 0.181. The summed E-state index contributed by atoms with van der Waals surface area (Å²) in [7, 11) is 0. The highest BCUT2D eigenvalue weighted by atomic mass is 127. The number of rotatable bonds is 6. The van der Waals surface area contributed by atoms with Crippen LogP contribution in [0.25, 0.3) is 0 Å². The SMILES string of the molecule is CCC(c1cc(I)c(O)c(I)c1)C(NC(=O)c1ccccc1)C(=O)O. The van der Waals surface area contributed by atoms with Crippen molar-refractivity contribution in [1.29, 1.82) is 0 Å². The highest BCUT2D eigenvalue weighted by Gasteiger charge is 2.31. The van der Waals surface area contributed by atoms with Gasteiger partial charge in [-0.05, 0) is 81.4 Å². The molecule has 0 fully saturated rings. The molecule has 2 aromatic carbocycles. The van der Waals surface area contributed by atoms with E-state index in [0.29, 0.717) is 19.1 Å². The molecule has 0 saturated carbocycles. The first-order valence-electron chi connectivity index (χ1n) is 7.61. The molecule has 0 spiro atoms. The Balaban J connectivity index is 2.34. The van der Waals surface area contributed by atoms with Crippen molar-refractivity contribution in [2.75, 3.05) is 0 Å². The smallest absolute Gasteiger partial charge is 0.326 e. The molecule has 0 heterocycles. The van der Waals surface area contributed by atoms with Crippen molar-refractivity contribution in [2.45, 2.75) is 25.3 Å². The van der Waals surface area contributed by atoms with Gasteiger partial charge in [0.1, 0.15) is 11.8 Å². The van der Waals surface area contributed by atoms with E-state index in [9.17, 15) is 19.8 Å². The summed E-state index contributed by atoms with van der Waals surface area (Å²) < 4.78 is 1.30. The average molecular weight is 565 g/mol. The maximum absolute atomic E-state index is 12.4. The number of hydrogen-bond acceptors (Lipinski definition) is 3. The van der Waals surface area contributed by atoms with Crippen LogP contribution in [-0.2, 0) is 4.79 Å². The third-order valence-corrected chi connectivity index (χ3v) is 5.54. The van der Waals surface area contributed by atoms with Crippen molar-refractivity contribution in [1.82, 2.24) is 5.32 Å². The van der Waals surface area contributed by atoms with Gasteiger partial charge in [0.25, 0.3) is 5.91 Å². The van der Waals surface area contributed by atoms with Crippen molar-refractivity contribution in [3.63, 3.8) is 0 Å². The van der Waals surface area contributed by atoms with Gasteiger partial charge in [0.05, 0.1) is 7.14 Å². The monoisotopic (exact) mass is 565 g/mol. The van der Waals surface area contributed by atoms with Gasteiger partial charge in [-0.15, -0.1) is 0 Å². The Morgan fingerprint density at radius 3 is 2.16 bits per heavy atom. The van der Waals surface area contributed by atoms with E-state index in [0.717, 1.165) is 5.56 Å². The third kappa shape index (κ3) is 4.84. The molecule has 25 heavy (non-hydrogen) atoms. The highest BCUT2D eigenvalue weighted by molar-refractivity contribution is 14.1. The summed E-state index contributed by atoms with van der Waals surface area (Å²) in [6.45, 7) is 1.88. The number of benzene rings is 2. The number of nitrogens with one attached hydrogen (secondary N) is 1. The second-order valence-electron chi connectivity index (χ2n) is 5.50. The Labute approximate surface area is 173 Å². The molecule has 2 atom stereocenters. The normalized spacial score (nSPS) is 13.1. The van der Waals surface area contributed by atoms with Gasteiger partial charge >= 0.3 is 5.97 Å². The van der Waals surface area contributed by atoms with E-state index < -0.39 is 23.8 Å². The summed E-state index contributed by atoms with van der Waals surface area (Å²) in [5.41, 5.74) is 1.19. The first-order chi connectivity index (χ1) is 11.8. The number of carboxylic acids is 1. The Morgan fingerprint density at radius 1 is 1.12 bits per heavy atom. The molecule has 7 heteroatoms. The minimum atomic E-state index is -1.09. The van der Waals surface area contributed by atoms with Gasteiger partial charge in [-0.25, -0.2) is 4.79 Å². The predicted octanol–water partition coefficient (Wildman–Crippen LogP) is 3.98. The summed E-state index contributed by atoms with van der Waals surface area (Å²) in [6, 6.07) is 11.0. The lowest BCUT2D eigenvalue weighted by Crippen LogP contribution is -2.45. The summed E-state index contributed by atoms with van der Waals surface area (Å²) in [5.74, 6) is -1.74. The van der Waals surface area contributed by atoms with E-state index in [1.54, 1.807) is 42.5 Å². The standard InChI is InChI=1S/C18H17I2NO4/c1-2-12(11-8-13(19)16(22)14(20)9-11)15(18(24)25)21-17(23)10-6-4-3-5-7-10/h3-9,12,15,22H,2H2,1H3,(H,21,23)(H,24,25). The number of aliphatic carboxylic acids is 1. The van der Waals surface area contributed by atoms with Crippen molar-refractivity contribution in [2.24, 2.45) is 0 Å². The molecule has 2 aromatic rings. The molecule has 0 bridgehead atoms. The summed E-state index contributed by atoms with van der Waals surface area (Å²) in [4.78, 5) is 24.2. The molecule has 0 saturated heterocycles. The minimum Gasteiger partial charge on any atom is -0.506 e.